The van der Waals surface area contributed by atoms with Crippen LogP contribution in [0.1, 0.15) is 19.4 Å². The average molecular weight is 193 g/mol. The van der Waals surface area contributed by atoms with Gasteiger partial charge in [-0.15, -0.1) is 0 Å². The van der Waals surface area contributed by atoms with E-state index in [0.29, 0.717) is 5.56 Å². The topological polar surface area (TPSA) is 78.9 Å². The summed E-state index contributed by atoms with van der Waals surface area (Å²) in [6, 6.07) is 0. The standard InChI is InChI=1S/C9H15N5/c1-3-14(4-2)9-7(8(10)11)5-12-6-13-9/h5-6H,3-4H2,1-2H3,(H3,10,11). The van der Waals surface area contributed by atoms with E-state index < -0.39 is 0 Å². The van der Waals surface area contributed by atoms with Gasteiger partial charge in [0.15, 0.2) is 0 Å². The molecule has 0 aliphatic rings. The van der Waals surface area contributed by atoms with E-state index in [-0.39, 0.29) is 5.84 Å². The van der Waals surface area contributed by atoms with Gasteiger partial charge in [-0.1, -0.05) is 0 Å². The van der Waals surface area contributed by atoms with E-state index in [4.69, 9.17) is 11.1 Å². The van der Waals surface area contributed by atoms with Gasteiger partial charge in [0, 0.05) is 19.3 Å². The lowest BCUT2D eigenvalue weighted by atomic mass is 10.2. The summed E-state index contributed by atoms with van der Waals surface area (Å²) in [6.45, 7) is 5.76. The fourth-order valence-corrected chi connectivity index (χ4v) is 1.29. The highest BCUT2D eigenvalue weighted by atomic mass is 15.2. The van der Waals surface area contributed by atoms with E-state index in [9.17, 15) is 0 Å². The molecule has 5 heteroatoms. The molecule has 0 saturated carbocycles. The van der Waals surface area contributed by atoms with E-state index in [1.54, 1.807) is 6.20 Å². The molecule has 76 valence electrons. The SMILES string of the molecule is CCN(CC)c1ncncc1C(=N)N. The van der Waals surface area contributed by atoms with Gasteiger partial charge in [0.05, 0.1) is 5.56 Å². The maximum absolute atomic E-state index is 7.39. The molecule has 1 aromatic rings. The second-order valence-electron chi connectivity index (χ2n) is 2.85. The highest BCUT2D eigenvalue weighted by Crippen LogP contribution is 2.14. The summed E-state index contributed by atoms with van der Waals surface area (Å²) >= 11 is 0. The molecule has 0 aliphatic heterocycles. The number of nitrogen functional groups attached to an aromatic ring is 1. The monoisotopic (exact) mass is 193 g/mol. The van der Waals surface area contributed by atoms with Crippen molar-refractivity contribution >= 4 is 11.7 Å². The second-order valence-corrected chi connectivity index (χ2v) is 2.85. The van der Waals surface area contributed by atoms with E-state index >= 15 is 0 Å². The molecule has 0 aliphatic carbocycles. The summed E-state index contributed by atoms with van der Waals surface area (Å²) in [5.74, 6) is 0.741. The molecule has 0 unspecified atom stereocenters. The summed E-state index contributed by atoms with van der Waals surface area (Å²) in [7, 11) is 0. The van der Waals surface area contributed by atoms with Crippen molar-refractivity contribution in [2.45, 2.75) is 13.8 Å². The van der Waals surface area contributed by atoms with Crippen LogP contribution in [0.25, 0.3) is 0 Å². The van der Waals surface area contributed by atoms with Crippen molar-refractivity contribution in [1.29, 1.82) is 5.41 Å². The Balaban J connectivity index is 3.11. The molecule has 3 N–H and O–H groups in total. The van der Waals surface area contributed by atoms with Crippen LogP contribution in [-0.2, 0) is 0 Å². The van der Waals surface area contributed by atoms with Crippen molar-refractivity contribution in [1.82, 2.24) is 9.97 Å². The van der Waals surface area contributed by atoms with Crippen molar-refractivity contribution in [2.24, 2.45) is 5.73 Å². The second kappa shape index (κ2) is 4.55. The maximum Gasteiger partial charge on any atom is 0.142 e. The number of hydrogen-bond acceptors (Lipinski definition) is 4. The Hall–Kier alpha value is -1.65. The third-order valence-electron chi connectivity index (χ3n) is 2.04. The van der Waals surface area contributed by atoms with Crippen molar-refractivity contribution in [3.8, 4) is 0 Å². The van der Waals surface area contributed by atoms with Crippen molar-refractivity contribution in [2.75, 3.05) is 18.0 Å². The first-order chi connectivity index (χ1) is 6.70. The fraction of sp³-hybridized carbons (Fsp3) is 0.444. The van der Waals surface area contributed by atoms with E-state index in [1.807, 2.05) is 18.7 Å². The molecule has 0 saturated heterocycles. The van der Waals surface area contributed by atoms with Gasteiger partial charge in [0.1, 0.15) is 18.0 Å². The first-order valence-electron chi connectivity index (χ1n) is 4.60. The molecule has 0 spiro atoms. The van der Waals surface area contributed by atoms with Crippen molar-refractivity contribution in [3.05, 3.63) is 18.1 Å². The molecule has 1 heterocycles. The van der Waals surface area contributed by atoms with Crippen LogP contribution >= 0.6 is 0 Å². The lowest BCUT2D eigenvalue weighted by molar-refractivity contribution is 0.839. The molecule has 1 rings (SSSR count). The summed E-state index contributed by atoms with van der Waals surface area (Å²) in [5.41, 5.74) is 6.03. The molecule has 0 radical (unpaired) electrons. The predicted octanol–water partition coefficient (Wildman–Crippen LogP) is 0.607. The van der Waals surface area contributed by atoms with Gasteiger partial charge in [-0.2, -0.15) is 0 Å². The van der Waals surface area contributed by atoms with Gasteiger partial charge in [-0.3, -0.25) is 5.41 Å². The number of aromatic nitrogens is 2. The molecule has 0 bridgehead atoms. The Labute approximate surface area is 83.5 Å². The van der Waals surface area contributed by atoms with Crippen LogP contribution in [0.5, 0.6) is 0 Å². The third-order valence-corrected chi connectivity index (χ3v) is 2.04. The summed E-state index contributed by atoms with van der Waals surface area (Å²) in [4.78, 5) is 10.0. The number of hydrogen-bond donors (Lipinski definition) is 2. The van der Waals surface area contributed by atoms with E-state index in [0.717, 1.165) is 18.9 Å². The number of nitrogens with one attached hydrogen (secondary N) is 1. The number of anilines is 1. The van der Waals surface area contributed by atoms with Crippen LogP contribution < -0.4 is 10.6 Å². The van der Waals surface area contributed by atoms with Crippen molar-refractivity contribution in [3.63, 3.8) is 0 Å². The molecule has 5 nitrogen and oxygen atoms in total. The fourth-order valence-electron chi connectivity index (χ4n) is 1.29. The predicted molar refractivity (Wildman–Crippen MR) is 56.6 cm³/mol. The zero-order valence-electron chi connectivity index (χ0n) is 8.49. The Morgan fingerprint density at radius 3 is 2.64 bits per heavy atom. The van der Waals surface area contributed by atoms with Gasteiger partial charge in [-0.25, -0.2) is 9.97 Å². The van der Waals surface area contributed by atoms with Gasteiger partial charge < -0.3 is 10.6 Å². The molecule has 1 aromatic heterocycles. The largest absolute Gasteiger partial charge is 0.384 e. The molecule has 0 fully saturated rings. The summed E-state index contributed by atoms with van der Waals surface area (Å²) < 4.78 is 0. The summed E-state index contributed by atoms with van der Waals surface area (Å²) in [6.07, 6.45) is 3.04. The van der Waals surface area contributed by atoms with Crippen LogP contribution in [0.4, 0.5) is 5.82 Å². The lowest BCUT2D eigenvalue weighted by Crippen LogP contribution is -2.27. The average Bonchev–Trinajstić information content (AvgIpc) is 2.20. The normalized spacial score (nSPS) is 9.86. The molecule has 14 heavy (non-hydrogen) atoms. The zero-order valence-corrected chi connectivity index (χ0v) is 8.49. The van der Waals surface area contributed by atoms with E-state index in [1.165, 1.54) is 6.33 Å². The maximum atomic E-state index is 7.39. The molecular formula is C9H15N5. The van der Waals surface area contributed by atoms with Gasteiger partial charge >= 0.3 is 0 Å². The molecule has 0 atom stereocenters. The van der Waals surface area contributed by atoms with Crippen LogP contribution in [0, 0.1) is 5.41 Å². The smallest absolute Gasteiger partial charge is 0.142 e. The number of amidine groups is 1. The Kier molecular flexibility index (Phi) is 3.39. The van der Waals surface area contributed by atoms with Gasteiger partial charge in [-0.05, 0) is 13.8 Å². The quantitative estimate of drug-likeness (QED) is 0.542. The van der Waals surface area contributed by atoms with Crippen LogP contribution in [0.3, 0.4) is 0 Å². The van der Waals surface area contributed by atoms with Crippen LogP contribution in [0.15, 0.2) is 12.5 Å². The Morgan fingerprint density at radius 2 is 2.14 bits per heavy atom. The van der Waals surface area contributed by atoms with Gasteiger partial charge in [0.25, 0.3) is 0 Å². The van der Waals surface area contributed by atoms with Crippen LogP contribution in [-0.4, -0.2) is 28.9 Å². The number of rotatable bonds is 4. The minimum Gasteiger partial charge on any atom is -0.384 e. The number of nitrogens with zero attached hydrogens (tertiary/aromatic N) is 3. The third kappa shape index (κ3) is 1.99. The first kappa shape index (κ1) is 10.4. The molecular weight excluding hydrogens is 178 g/mol. The highest BCUT2D eigenvalue weighted by Gasteiger charge is 2.11. The van der Waals surface area contributed by atoms with Crippen molar-refractivity contribution < 1.29 is 0 Å². The minimum atomic E-state index is 0.00694. The summed E-state index contributed by atoms with van der Waals surface area (Å²) in [5, 5.41) is 7.39. The molecule has 0 amide bonds. The zero-order chi connectivity index (χ0) is 10.6. The van der Waals surface area contributed by atoms with Crippen LogP contribution in [0.2, 0.25) is 0 Å². The molecule has 0 aromatic carbocycles. The number of nitrogens with two attached hydrogens (primary N) is 1. The lowest BCUT2D eigenvalue weighted by Gasteiger charge is -2.21. The Bertz CT molecular complexity index is 319. The Morgan fingerprint density at radius 1 is 1.50 bits per heavy atom. The van der Waals surface area contributed by atoms with E-state index in [2.05, 4.69) is 9.97 Å². The van der Waals surface area contributed by atoms with Gasteiger partial charge in [0.2, 0.25) is 0 Å². The highest BCUT2D eigenvalue weighted by molar-refractivity contribution is 5.99. The first-order valence-corrected chi connectivity index (χ1v) is 4.60. The minimum absolute atomic E-state index is 0.00694.